The van der Waals surface area contributed by atoms with E-state index in [0.717, 1.165) is 31.4 Å². The maximum Gasteiger partial charge on any atom is 0.227 e. The summed E-state index contributed by atoms with van der Waals surface area (Å²) in [5, 5.41) is 9.82. The molecule has 1 unspecified atom stereocenters. The molecule has 2 aliphatic rings. The van der Waals surface area contributed by atoms with Crippen molar-refractivity contribution in [1.82, 2.24) is 9.80 Å². The van der Waals surface area contributed by atoms with Crippen LogP contribution in [-0.4, -0.2) is 59.5 Å². The molecule has 2 saturated heterocycles. The number of hydrogen-bond donors (Lipinski definition) is 1. The van der Waals surface area contributed by atoms with Crippen molar-refractivity contribution in [2.45, 2.75) is 32.1 Å². The number of carbonyl (C=O) groups is 2. The number of amides is 2. The smallest absolute Gasteiger partial charge is 0.227 e. The third kappa shape index (κ3) is 4.33. The number of hydrogen-bond acceptors (Lipinski definition) is 3. The standard InChI is InChI=1S/C19H25ClN2O3/c20-16-4-1-3-15(11-16)12-18(25)21-8-2-6-19(13-21)7-5-17(24)22(14-19)9-10-23/h1,3-4,11,23H,2,5-10,12-14H2. The lowest BCUT2D eigenvalue weighted by atomic mass is 9.73. The Bertz CT molecular complexity index is 651. The highest BCUT2D eigenvalue weighted by Crippen LogP contribution is 2.39. The fraction of sp³-hybridized carbons (Fsp3) is 0.579. The van der Waals surface area contributed by atoms with E-state index in [0.29, 0.717) is 37.5 Å². The Hall–Kier alpha value is -1.59. The number of aliphatic hydroxyl groups is 1. The number of aliphatic hydroxyl groups excluding tert-OH is 1. The van der Waals surface area contributed by atoms with E-state index < -0.39 is 0 Å². The molecule has 3 rings (SSSR count). The molecule has 2 aliphatic heterocycles. The van der Waals surface area contributed by atoms with E-state index in [1.54, 1.807) is 11.0 Å². The van der Waals surface area contributed by atoms with E-state index in [1.807, 2.05) is 23.1 Å². The molecule has 25 heavy (non-hydrogen) atoms. The van der Waals surface area contributed by atoms with Crippen molar-refractivity contribution in [2.24, 2.45) is 5.41 Å². The van der Waals surface area contributed by atoms with Gasteiger partial charge >= 0.3 is 0 Å². The number of likely N-dealkylation sites (tertiary alicyclic amines) is 2. The average Bonchev–Trinajstić information content (AvgIpc) is 2.59. The molecule has 1 aromatic carbocycles. The van der Waals surface area contributed by atoms with Crippen molar-refractivity contribution < 1.29 is 14.7 Å². The minimum atomic E-state index is -0.0225. The molecule has 6 heteroatoms. The fourth-order valence-electron chi connectivity index (χ4n) is 4.11. The van der Waals surface area contributed by atoms with Gasteiger partial charge in [-0.1, -0.05) is 23.7 Å². The quantitative estimate of drug-likeness (QED) is 0.890. The van der Waals surface area contributed by atoms with Crippen molar-refractivity contribution in [3.63, 3.8) is 0 Å². The van der Waals surface area contributed by atoms with Gasteiger partial charge in [-0.25, -0.2) is 0 Å². The van der Waals surface area contributed by atoms with E-state index in [9.17, 15) is 14.7 Å². The van der Waals surface area contributed by atoms with E-state index in [2.05, 4.69) is 0 Å². The maximum absolute atomic E-state index is 12.7. The van der Waals surface area contributed by atoms with Crippen molar-refractivity contribution in [1.29, 1.82) is 0 Å². The summed E-state index contributed by atoms with van der Waals surface area (Å²) in [6.07, 6.45) is 3.69. The molecule has 0 aliphatic carbocycles. The van der Waals surface area contributed by atoms with E-state index in [4.69, 9.17) is 11.6 Å². The molecule has 0 bridgehead atoms. The van der Waals surface area contributed by atoms with Gasteiger partial charge in [0.15, 0.2) is 0 Å². The fourth-order valence-corrected chi connectivity index (χ4v) is 4.33. The van der Waals surface area contributed by atoms with Crippen LogP contribution in [0.5, 0.6) is 0 Å². The monoisotopic (exact) mass is 364 g/mol. The first-order chi connectivity index (χ1) is 12.0. The summed E-state index contributed by atoms with van der Waals surface area (Å²) in [7, 11) is 0. The summed E-state index contributed by atoms with van der Waals surface area (Å²) in [5.41, 5.74) is 0.906. The van der Waals surface area contributed by atoms with Crippen LogP contribution in [0.2, 0.25) is 5.02 Å². The Kier molecular flexibility index (Phi) is 5.64. The summed E-state index contributed by atoms with van der Waals surface area (Å²) >= 11 is 6.01. The summed E-state index contributed by atoms with van der Waals surface area (Å²) in [6.45, 7) is 2.49. The van der Waals surface area contributed by atoms with E-state index >= 15 is 0 Å². The highest BCUT2D eigenvalue weighted by atomic mass is 35.5. The van der Waals surface area contributed by atoms with Crippen molar-refractivity contribution in [3.8, 4) is 0 Å². The molecular formula is C19H25ClN2O3. The van der Waals surface area contributed by atoms with Gasteiger partial charge in [-0.15, -0.1) is 0 Å². The summed E-state index contributed by atoms with van der Waals surface area (Å²) in [5.74, 6) is 0.231. The number of β-amino-alcohol motifs (C(OH)–C–C–N with tert-alkyl or cyclic N) is 1. The molecule has 1 aromatic rings. The van der Waals surface area contributed by atoms with Crippen LogP contribution in [0.25, 0.3) is 0 Å². The second-order valence-electron chi connectivity index (χ2n) is 7.26. The van der Waals surface area contributed by atoms with Gasteiger partial charge in [0.05, 0.1) is 13.0 Å². The van der Waals surface area contributed by atoms with Crippen LogP contribution in [0.4, 0.5) is 0 Å². The number of rotatable bonds is 4. The molecule has 0 saturated carbocycles. The molecule has 0 aromatic heterocycles. The lowest BCUT2D eigenvalue weighted by molar-refractivity contribution is -0.143. The van der Waals surface area contributed by atoms with E-state index in [-0.39, 0.29) is 23.8 Å². The third-order valence-corrected chi connectivity index (χ3v) is 5.61. The number of halogens is 1. The van der Waals surface area contributed by atoms with Gasteiger partial charge in [0.25, 0.3) is 0 Å². The van der Waals surface area contributed by atoms with Gasteiger partial charge in [0.1, 0.15) is 0 Å². The first-order valence-electron chi connectivity index (χ1n) is 8.92. The molecule has 136 valence electrons. The lowest BCUT2D eigenvalue weighted by Crippen LogP contribution is -2.55. The maximum atomic E-state index is 12.7. The van der Waals surface area contributed by atoms with Crippen molar-refractivity contribution in [2.75, 3.05) is 32.8 Å². The first kappa shape index (κ1) is 18.2. The van der Waals surface area contributed by atoms with E-state index in [1.165, 1.54) is 0 Å². The van der Waals surface area contributed by atoms with Crippen molar-refractivity contribution >= 4 is 23.4 Å². The largest absolute Gasteiger partial charge is 0.395 e. The van der Waals surface area contributed by atoms with Crippen LogP contribution in [0, 0.1) is 5.41 Å². The van der Waals surface area contributed by atoms with Crippen LogP contribution < -0.4 is 0 Å². The number of nitrogens with zero attached hydrogens (tertiary/aromatic N) is 2. The van der Waals surface area contributed by atoms with Gasteiger partial charge in [-0.2, -0.15) is 0 Å². The van der Waals surface area contributed by atoms with Gasteiger partial charge in [-0.05, 0) is 37.0 Å². The average molecular weight is 365 g/mol. The van der Waals surface area contributed by atoms with Gasteiger partial charge in [-0.3, -0.25) is 9.59 Å². The molecular weight excluding hydrogens is 340 g/mol. The molecule has 1 atom stereocenters. The van der Waals surface area contributed by atoms with Crippen molar-refractivity contribution in [3.05, 3.63) is 34.9 Å². The molecule has 1 N–H and O–H groups in total. The molecule has 2 heterocycles. The predicted octanol–water partition coefficient (Wildman–Crippen LogP) is 2.11. The highest BCUT2D eigenvalue weighted by Gasteiger charge is 2.42. The Labute approximate surface area is 153 Å². The topological polar surface area (TPSA) is 60.9 Å². The Morgan fingerprint density at radius 1 is 1.28 bits per heavy atom. The number of carbonyl (C=O) groups excluding carboxylic acids is 2. The molecule has 2 amide bonds. The van der Waals surface area contributed by atoms with Gasteiger partial charge < -0.3 is 14.9 Å². The lowest BCUT2D eigenvalue weighted by Gasteiger charge is -2.48. The Morgan fingerprint density at radius 3 is 2.88 bits per heavy atom. The zero-order chi connectivity index (χ0) is 17.9. The highest BCUT2D eigenvalue weighted by molar-refractivity contribution is 6.30. The minimum Gasteiger partial charge on any atom is -0.395 e. The summed E-state index contributed by atoms with van der Waals surface area (Å²) in [6, 6.07) is 7.43. The zero-order valence-corrected chi connectivity index (χ0v) is 15.2. The van der Waals surface area contributed by atoms with Crippen LogP contribution in [-0.2, 0) is 16.0 Å². The number of piperidine rings is 2. The van der Waals surface area contributed by atoms with Crippen LogP contribution in [0.15, 0.2) is 24.3 Å². The minimum absolute atomic E-state index is 0.0147. The van der Waals surface area contributed by atoms with Crippen LogP contribution >= 0.6 is 11.6 Å². The SMILES string of the molecule is O=C1CCC2(CCCN(C(=O)Cc3cccc(Cl)c3)C2)CN1CCO. The zero-order valence-electron chi connectivity index (χ0n) is 14.4. The molecule has 0 radical (unpaired) electrons. The number of benzene rings is 1. The second-order valence-corrected chi connectivity index (χ2v) is 7.70. The Balaban J connectivity index is 1.66. The summed E-state index contributed by atoms with van der Waals surface area (Å²) < 4.78 is 0. The van der Waals surface area contributed by atoms with Crippen LogP contribution in [0.1, 0.15) is 31.2 Å². The van der Waals surface area contributed by atoms with Crippen LogP contribution in [0.3, 0.4) is 0 Å². The third-order valence-electron chi connectivity index (χ3n) is 5.38. The van der Waals surface area contributed by atoms with Gasteiger partial charge in [0, 0.05) is 43.0 Å². The summed E-state index contributed by atoms with van der Waals surface area (Å²) in [4.78, 5) is 28.5. The molecule has 5 nitrogen and oxygen atoms in total. The molecule has 1 spiro atoms. The first-order valence-corrected chi connectivity index (χ1v) is 9.30. The van der Waals surface area contributed by atoms with Gasteiger partial charge in [0.2, 0.25) is 11.8 Å². The second kappa shape index (κ2) is 7.75. The predicted molar refractivity (Wildman–Crippen MR) is 96.3 cm³/mol. The molecule has 2 fully saturated rings. The Morgan fingerprint density at radius 2 is 2.12 bits per heavy atom. The normalized spacial score (nSPS) is 24.0.